The fourth-order valence-corrected chi connectivity index (χ4v) is 1.80. The van der Waals surface area contributed by atoms with Gasteiger partial charge in [-0.3, -0.25) is 14.4 Å². The van der Waals surface area contributed by atoms with Gasteiger partial charge >= 0.3 is 5.97 Å². The van der Waals surface area contributed by atoms with Crippen molar-refractivity contribution in [3.63, 3.8) is 0 Å². The summed E-state index contributed by atoms with van der Waals surface area (Å²) >= 11 is 0. The van der Waals surface area contributed by atoms with Crippen LogP contribution in [0, 0.1) is 0 Å². The predicted octanol–water partition coefficient (Wildman–Crippen LogP) is -0.766. The van der Waals surface area contributed by atoms with Crippen LogP contribution in [0.4, 0.5) is 5.69 Å². The molecule has 19 heavy (non-hydrogen) atoms. The molecule has 0 radical (unpaired) electrons. The highest BCUT2D eigenvalue weighted by molar-refractivity contribution is 6.04. The predicted molar refractivity (Wildman–Crippen MR) is 66.4 cm³/mol. The van der Waals surface area contributed by atoms with Gasteiger partial charge in [0, 0.05) is 5.69 Å². The number of piperazine rings is 1. The van der Waals surface area contributed by atoms with Crippen molar-refractivity contribution in [3.05, 3.63) is 29.8 Å². The number of hydrogen-bond donors (Lipinski definition) is 3. The topological polar surface area (TPSA) is 113 Å². The lowest BCUT2D eigenvalue weighted by atomic mass is 10.1. The Kier molecular flexibility index (Phi) is 3.48. The van der Waals surface area contributed by atoms with Gasteiger partial charge in [0.2, 0.25) is 11.8 Å². The second-order valence-electron chi connectivity index (χ2n) is 4.16. The van der Waals surface area contributed by atoms with Gasteiger partial charge in [-0.05, 0) is 17.7 Å². The van der Waals surface area contributed by atoms with E-state index in [9.17, 15) is 14.4 Å². The third-order valence-electron chi connectivity index (χ3n) is 2.87. The minimum atomic E-state index is -1.12. The number of benzene rings is 1. The van der Waals surface area contributed by atoms with E-state index in [0.29, 0.717) is 11.3 Å². The van der Waals surface area contributed by atoms with Crippen LogP contribution < -0.4 is 16.0 Å². The minimum Gasteiger partial charge on any atom is -0.480 e. The molecule has 1 aliphatic rings. The van der Waals surface area contributed by atoms with Crippen LogP contribution in [0.5, 0.6) is 0 Å². The largest absolute Gasteiger partial charge is 0.480 e. The molecule has 1 heterocycles. The standard InChI is InChI=1S/C12H13N3O4/c13-11(12(18)19)7-1-3-8(4-2-7)15-6-9(16)14-5-10(15)17/h1-4,11H,5-6,13H2,(H,14,16)(H,18,19). The second kappa shape index (κ2) is 5.07. The van der Waals surface area contributed by atoms with Gasteiger partial charge in [0.15, 0.2) is 0 Å². The Balaban J connectivity index is 2.20. The Morgan fingerprint density at radius 3 is 2.53 bits per heavy atom. The molecular formula is C12H13N3O4. The van der Waals surface area contributed by atoms with E-state index in [1.807, 2.05) is 0 Å². The summed E-state index contributed by atoms with van der Waals surface area (Å²) in [6.45, 7) is -0.0710. The second-order valence-corrected chi connectivity index (χ2v) is 4.16. The Labute approximate surface area is 109 Å². The van der Waals surface area contributed by atoms with Crippen molar-refractivity contribution >= 4 is 23.5 Å². The molecule has 1 aliphatic heterocycles. The van der Waals surface area contributed by atoms with Crippen molar-refractivity contribution in [2.75, 3.05) is 18.0 Å². The molecule has 1 atom stereocenters. The number of carboxylic acid groups (broad SMARTS) is 1. The third-order valence-corrected chi connectivity index (χ3v) is 2.87. The monoisotopic (exact) mass is 263 g/mol. The number of carboxylic acids is 1. The maximum absolute atomic E-state index is 11.7. The summed E-state index contributed by atoms with van der Waals surface area (Å²) in [6, 6.07) is 5.12. The van der Waals surface area contributed by atoms with Gasteiger partial charge in [-0.25, -0.2) is 0 Å². The van der Waals surface area contributed by atoms with Crippen LogP contribution in [0.2, 0.25) is 0 Å². The highest BCUT2D eigenvalue weighted by Crippen LogP contribution is 2.19. The Bertz CT molecular complexity index is 526. The summed E-state index contributed by atoms with van der Waals surface area (Å²) in [5.41, 5.74) is 6.45. The fraction of sp³-hybridized carbons (Fsp3) is 0.250. The first-order chi connectivity index (χ1) is 8.99. The van der Waals surface area contributed by atoms with Crippen LogP contribution >= 0.6 is 0 Å². The van der Waals surface area contributed by atoms with E-state index in [1.54, 1.807) is 12.1 Å². The molecular weight excluding hydrogens is 250 g/mol. The van der Waals surface area contributed by atoms with E-state index in [0.717, 1.165) is 0 Å². The number of aliphatic carboxylic acids is 1. The van der Waals surface area contributed by atoms with Gasteiger partial charge in [-0.15, -0.1) is 0 Å². The van der Waals surface area contributed by atoms with Crippen LogP contribution in [0.1, 0.15) is 11.6 Å². The Morgan fingerprint density at radius 1 is 1.32 bits per heavy atom. The van der Waals surface area contributed by atoms with Crippen LogP contribution in [-0.4, -0.2) is 36.0 Å². The van der Waals surface area contributed by atoms with E-state index in [1.165, 1.54) is 17.0 Å². The molecule has 100 valence electrons. The number of anilines is 1. The Hall–Kier alpha value is -2.41. The molecule has 1 aromatic rings. The molecule has 0 aliphatic carbocycles. The molecule has 0 aromatic heterocycles. The van der Waals surface area contributed by atoms with Crippen molar-refractivity contribution in [2.45, 2.75) is 6.04 Å². The van der Waals surface area contributed by atoms with Crippen molar-refractivity contribution in [1.82, 2.24) is 5.32 Å². The normalized spacial score (nSPS) is 17.0. The number of nitrogens with two attached hydrogens (primary N) is 1. The molecule has 0 saturated carbocycles. The zero-order valence-electron chi connectivity index (χ0n) is 10.00. The lowest BCUT2D eigenvalue weighted by Gasteiger charge is -2.26. The van der Waals surface area contributed by atoms with Crippen molar-refractivity contribution in [1.29, 1.82) is 0 Å². The minimum absolute atomic E-state index is 0.0325. The third kappa shape index (κ3) is 2.71. The molecule has 2 rings (SSSR count). The van der Waals surface area contributed by atoms with Crippen LogP contribution in [0.25, 0.3) is 0 Å². The molecule has 0 bridgehead atoms. The number of amides is 2. The zero-order valence-corrected chi connectivity index (χ0v) is 10.00. The van der Waals surface area contributed by atoms with Crippen LogP contribution in [0.15, 0.2) is 24.3 Å². The van der Waals surface area contributed by atoms with Crippen molar-refractivity contribution in [2.24, 2.45) is 5.73 Å². The Morgan fingerprint density at radius 2 is 1.95 bits per heavy atom. The van der Waals surface area contributed by atoms with Gasteiger partial charge in [0.05, 0.1) is 6.54 Å². The molecule has 4 N–H and O–H groups in total. The number of rotatable bonds is 3. The van der Waals surface area contributed by atoms with Gasteiger partial charge in [0.1, 0.15) is 12.6 Å². The average molecular weight is 263 g/mol. The summed E-state index contributed by atoms with van der Waals surface area (Å²) in [4.78, 5) is 35.0. The first-order valence-electron chi connectivity index (χ1n) is 5.64. The summed E-state index contributed by atoms with van der Waals surface area (Å²) < 4.78 is 0. The highest BCUT2D eigenvalue weighted by atomic mass is 16.4. The summed E-state index contributed by atoms with van der Waals surface area (Å²) in [5.74, 6) is -1.57. The smallest absolute Gasteiger partial charge is 0.325 e. The molecule has 0 spiro atoms. The lowest BCUT2D eigenvalue weighted by Crippen LogP contribution is -2.51. The van der Waals surface area contributed by atoms with E-state index in [2.05, 4.69) is 5.32 Å². The van der Waals surface area contributed by atoms with E-state index >= 15 is 0 Å². The van der Waals surface area contributed by atoms with Crippen molar-refractivity contribution in [3.8, 4) is 0 Å². The lowest BCUT2D eigenvalue weighted by molar-refractivity contribution is -0.138. The van der Waals surface area contributed by atoms with Crippen molar-refractivity contribution < 1.29 is 19.5 Å². The molecule has 1 fully saturated rings. The summed E-state index contributed by atoms with van der Waals surface area (Å²) in [7, 11) is 0. The van der Waals surface area contributed by atoms with Crippen LogP contribution in [0.3, 0.4) is 0 Å². The number of nitrogens with zero attached hydrogens (tertiary/aromatic N) is 1. The molecule has 1 saturated heterocycles. The average Bonchev–Trinajstić information content (AvgIpc) is 2.41. The molecule has 1 unspecified atom stereocenters. The van der Waals surface area contributed by atoms with Gasteiger partial charge < -0.3 is 21.1 Å². The molecule has 2 amide bonds. The van der Waals surface area contributed by atoms with Gasteiger partial charge in [-0.2, -0.15) is 0 Å². The van der Waals surface area contributed by atoms with E-state index in [-0.39, 0.29) is 24.9 Å². The first kappa shape index (κ1) is 13.0. The van der Waals surface area contributed by atoms with E-state index in [4.69, 9.17) is 10.8 Å². The van der Waals surface area contributed by atoms with Crippen LogP contribution in [-0.2, 0) is 14.4 Å². The number of carbonyl (C=O) groups is 3. The van der Waals surface area contributed by atoms with Gasteiger partial charge in [0.25, 0.3) is 0 Å². The highest BCUT2D eigenvalue weighted by Gasteiger charge is 2.24. The molecule has 1 aromatic carbocycles. The fourth-order valence-electron chi connectivity index (χ4n) is 1.80. The quantitative estimate of drug-likeness (QED) is 0.663. The van der Waals surface area contributed by atoms with Gasteiger partial charge in [-0.1, -0.05) is 12.1 Å². The zero-order chi connectivity index (χ0) is 14.0. The molecule has 7 heteroatoms. The SMILES string of the molecule is NC(C(=O)O)c1ccc(N2CC(=O)NCC2=O)cc1. The summed E-state index contributed by atoms with van der Waals surface area (Å²) in [6.07, 6.45) is 0. The maximum Gasteiger partial charge on any atom is 0.325 e. The van der Waals surface area contributed by atoms with E-state index < -0.39 is 12.0 Å². The summed E-state index contributed by atoms with van der Waals surface area (Å²) in [5, 5.41) is 11.2. The maximum atomic E-state index is 11.7. The molecule has 7 nitrogen and oxygen atoms in total. The number of hydrogen-bond acceptors (Lipinski definition) is 4. The number of carbonyl (C=O) groups excluding carboxylic acids is 2. The number of nitrogens with one attached hydrogen (secondary N) is 1. The first-order valence-corrected chi connectivity index (χ1v) is 5.64.